The van der Waals surface area contributed by atoms with Gasteiger partial charge in [-0.15, -0.1) is 0 Å². The summed E-state index contributed by atoms with van der Waals surface area (Å²) in [6, 6.07) is 7.43. The normalized spacial score (nSPS) is 22.6. The van der Waals surface area contributed by atoms with Gasteiger partial charge in [0.05, 0.1) is 5.41 Å². The van der Waals surface area contributed by atoms with Crippen molar-refractivity contribution in [3.8, 4) is 0 Å². The van der Waals surface area contributed by atoms with Crippen molar-refractivity contribution < 1.29 is 14.3 Å². The number of piperidine rings is 1. The molecule has 0 bridgehead atoms. The molecule has 4 nitrogen and oxygen atoms in total. The van der Waals surface area contributed by atoms with Crippen LogP contribution in [0.25, 0.3) is 0 Å². The van der Waals surface area contributed by atoms with Crippen molar-refractivity contribution in [1.29, 1.82) is 0 Å². The zero-order valence-corrected chi connectivity index (χ0v) is 15.6. The highest BCUT2D eigenvalue weighted by molar-refractivity contribution is 6.30. The highest BCUT2D eigenvalue weighted by atomic mass is 35.5. The van der Waals surface area contributed by atoms with Gasteiger partial charge < -0.3 is 9.64 Å². The van der Waals surface area contributed by atoms with Crippen LogP contribution in [0.5, 0.6) is 0 Å². The molecule has 1 saturated carbocycles. The van der Waals surface area contributed by atoms with Crippen LogP contribution in [0.2, 0.25) is 5.02 Å². The van der Waals surface area contributed by atoms with Crippen molar-refractivity contribution in [3.63, 3.8) is 0 Å². The Hall–Kier alpha value is -1.55. The molecule has 2 aliphatic rings. The van der Waals surface area contributed by atoms with Gasteiger partial charge in [-0.1, -0.05) is 43.5 Å². The van der Waals surface area contributed by atoms with Crippen molar-refractivity contribution in [2.75, 3.05) is 19.7 Å². The highest BCUT2D eigenvalue weighted by Gasteiger charge is 2.44. The van der Waals surface area contributed by atoms with E-state index in [4.69, 9.17) is 16.3 Å². The van der Waals surface area contributed by atoms with Crippen LogP contribution < -0.4 is 0 Å². The number of rotatable bonds is 4. The fourth-order valence-electron chi connectivity index (χ4n) is 4.13. The number of likely N-dealkylation sites (tertiary alicyclic amines) is 1. The Balaban J connectivity index is 1.65. The van der Waals surface area contributed by atoms with Gasteiger partial charge in [0.2, 0.25) is 0 Å². The van der Waals surface area contributed by atoms with E-state index in [0.29, 0.717) is 10.9 Å². The smallest absolute Gasteiger partial charge is 0.317 e. The molecule has 1 aliphatic carbocycles. The van der Waals surface area contributed by atoms with Crippen LogP contribution in [0, 0.1) is 5.92 Å². The van der Waals surface area contributed by atoms with Crippen molar-refractivity contribution in [1.82, 2.24) is 4.90 Å². The summed E-state index contributed by atoms with van der Waals surface area (Å²) in [5, 5.41) is 0.652. The fourth-order valence-corrected chi connectivity index (χ4v) is 4.26. The van der Waals surface area contributed by atoms with E-state index >= 15 is 0 Å². The maximum Gasteiger partial charge on any atom is 0.317 e. The number of carbonyl (C=O) groups is 2. The van der Waals surface area contributed by atoms with E-state index in [9.17, 15) is 9.59 Å². The minimum Gasteiger partial charge on any atom is -0.455 e. The van der Waals surface area contributed by atoms with E-state index in [1.54, 1.807) is 0 Å². The van der Waals surface area contributed by atoms with Gasteiger partial charge in [-0.2, -0.15) is 0 Å². The summed E-state index contributed by atoms with van der Waals surface area (Å²) in [5.41, 5.74) is 0.318. The van der Waals surface area contributed by atoms with E-state index in [1.807, 2.05) is 29.2 Å². The second-order valence-corrected chi connectivity index (χ2v) is 7.90. The minimum atomic E-state index is -0.625. The summed E-state index contributed by atoms with van der Waals surface area (Å²) >= 11 is 5.98. The van der Waals surface area contributed by atoms with Crippen molar-refractivity contribution in [3.05, 3.63) is 34.9 Å². The van der Waals surface area contributed by atoms with Crippen LogP contribution >= 0.6 is 11.6 Å². The van der Waals surface area contributed by atoms with Crippen LogP contribution in [0.3, 0.4) is 0 Å². The number of amides is 1. The first-order valence-electron chi connectivity index (χ1n) is 9.22. The third-order valence-corrected chi connectivity index (χ3v) is 5.83. The lowest BCUT2D eigenvalue weighted by molar-refractivity contribution is -0.157. The molecule has 0 spiro atoms. The van der Waals surface area contributed by atoms with E-state index < -0.39 is 5.41 Å². The lowest BCUT2D eigenvalue weighted by Crippen LogP contribution is -2.43. The molecule has 0 N–H and O–H groups in total. The van der Waals surface area contributed by atoms with Crippen LogP contribution in [0.15, 0.2) is 24.3 Å². The summed E-state index contributed by atoms with van der Waals surface area (Å²) in [7, 11) is 0. The van der Waals surface area contributed by atoms with Crippen molar-refractivity contribution >= 4 is 23.5 Å². The number of carbonyl (C=O) groups excluding carboxylic acids is 2. The Labute approximate surface area is 154 Å². The van der Waals surface area contributed by atoms with E-state index in [1.165, 1.54) is 0 Å². The third-order valence-electron chi connectivity index (χ3n) is 5.58. The molecular formula is C20H26ClNO3. The third kappa shape index (κ3) is 4.00. The van der Waals surface area contributed by atoms with Crippen molar-refractivity contribution in [2.45, 2.75) is 50.9 Å². The molecule has 2 fully saturated rings. The minimum absolute atomic E-state index is 0.0795. The molecule has 1 heterocycles. The molecular weight excluding hydrogens is 338 g/mol. The first-order chi connectivity index (χ1) is 12.0. The maximum absolute atomic E-state index is 12.9. The van der Waals surface area contributed by atoms with Gasteiger partial charge >= 0.3 is 5.97 Å². The molecule has 1 saturated heterocycles. The Morgan fingerprint density at radius 2 is 1.88 bits per heavy atom. The number of halogens is 1. The maximum atomic E-state index is 12.9. The summed E-state index contributed by atoms with van der Waals surface area (Å²) in [6.07, 6.45) is 5.70. The molecule has 0 radical (unpaired) electrons. The molecule has 25 heavy (non-hydrogen) atoms. The summed E-state index contributed by atoms with van der Waals surface area (Å²) in [5.74, 6) is 0.165. The second kappa shape index (κ2) is 7.77. The summed E-state index contributed by atoms with van der Waals surface area (Å²) < 4.78 is 5.50. The Bertz CT molecular complexity index is 622. The average Bonchev–Trinajstić information content (AvgIpc) is 3.11. The Kier molecular flexibility index (Phi) is 5.67. The SMILES string of the molecule is C[C@H]1CCCN(C(=O)COC(=O)C2(c3ccc(Cl)cc3)CCCC2)C1. The molecule has 0 unspecified atom stereocenters. The molecule has 1 aromatic rings. The lowest BCUT2D eigenvalue weighted by Gasteiger charge is -2.31. The molecule has 3 rings (SSSR count). The van der Waals surface area contributed by atoms with Crippen LogP contribution in [-0.4, -0.2) is 36.5 Å². The number of hydrogen-bond donors (Lipinski definition) is 0. The fraction of sp³-hybridized carbons (Fsp3) is 0.600. The number of esters is 1. The van der Waals surface area contributed by atoms with E-state index in [0.717, 1.165) is 57.2 Å². The van der Waals surface area contributed by atoms with Gasteiger partial charge in [-0.3, -0.25) is 9.59 Å². The van der Waals surface area contributed by atoms with Gasteiger partial charge in [0, 0.05) is 18.1 Å². The van der Waals surface area contributed by atoms with Crippen LogP contribution in [-0.2, 0) is 19.7 Å². The van der Waals surface area contributed by atoms with Gasteiger partial charge in [0.15, 0.2) is 6.61 Å². The molecule has 5 heteroatoms. The molecule has 1 atom stereocenters. The second-order valence-electron chi connectivity index (χ2n) is 7.46. The van der Waals surface area contributed by atoms with Crippen LogP contribution in [0.4, 0.5) is 0 Å². The topological polar surface area (TPSA) is 46.6 Å². The zero-order valence-electron chi connectivity index (χ0n) is 14.8. The predicted octanol–water partition coefficient (Wildman–Crippen LogP) is 3.95. The molecule has 136 valence electrons. The van der Waals surface area contributed by atoms with Crippen molar-refractivity contribution in [2.24, 2.45) is 5.92 Å². The predicted molar refractivity (Wildman–Crippen MR) is 97.5 cm³/mol. The molecule has 0 aromatic heterocycles. The largest absolute Gasteiger partial charge is 0.455 e. The van der Waals surface area contributed by atoms with Crippen LogP contribution in [0.1, 0.15) is 51.0 Å². The quantitative estimate of drug-likeness (QED) is 0.761. The monoisotopic (exact) mass is 363 g/mol. The first-order valence-corrected chi connectivity index (χ1v) is 9.60. The summed E-state index contributed by atoms with van der Waals surface area (Å²) in [6.45, 7) is 3.53. The zero-order chi connectivity index (χ0) is 17.9. The number of benzene rings is 1. The number of hydrogen-bond acceptors (Lipinski definition) is 3. The molecule has 1 aliphatic heterocycles. The van der Waals surface area contributed by atoms with Gasteiger partial charge in [0.25, 0.3) is 5.91 Å². The first kappa shape index (κ1) is 18.2. The molecule has 1 amide bonds. The van der Waals surface area contributed by atoms with E-state index in [2.05, 4.69) is 6.92 Å². The standard InChI is InChI=1S/C20H26ClNO3/c1-15-5-4-12-22(13-15)18(23)14-25-19(24)20(10-2-3-11-20)16-6-8-17(21)9-7-16/h6-9,15H,2-5,10-14H2,1H3/t15-/m0/s1. The molecule has 1 aromatic carbocycles. The van der Waals surface area contributed by atoms with Gasteiger partial charge in [0.1, 0.15) is 0 Å². The summed E-state index contributed by atoms with van der Waals surface area (Å²) in [4.78, 5) is 27.1. The lowest BCUT2D eigenvalue weighted by atomic mass is 9.79. The highest BCUT2D eigenvalue weighted by Crippen LogP contribution is 2.42. The Morgan fingerprint density at radius 1 is 1.20 bits per heavy atom. The average molecular weight is 364 g/mol. The van der Waals surface area contributed by atoms with E-state index in [-0.39, 0.29) is 18.5 Å². The number of ether oxygens (including phenoxy) is 1. The Morgan fingerprint density at radius 3 is 2.52 bits per heavy atom. The number of nitrogens with zero attached hydrogens (tertiary/aromatic N) is 1. The van der Waals surface area contributed by atoms with Gasteiger partial charge in [-0.05, 0) is 49.3 Å². The van der Waals surface area contributed by atoms with Gasteiger partial charge in [-0.25, -0.2) is 0 Å².